The van der Waals surface area contributed by atoms with Gasteiger partial charge in [0.05, 0.1) is 19.1 Å². The highest BCUT2D eigenvalue weighted by Gasteiger charge is 2.32. The van der Waals surface area contributed by atoms with Crippen LogP contribution < -0.4 is 10.6 Å². The lowest BCUT2D eigenvalue weighted by atomic mass is 9.87. The lowest BCUT2D eigenvalue weighted by Crippen LogP contribution is -2.51. The van der Waals surface area contributed by atoms with Crippen molar-refractivity contribution in [1.82, 2.24) is 25.3 Å². The Kier molecular flexibility index (Phi) is 8.36. The zero-order valence-electron chi connectivity index (χ0n) is 19.0. The number of benzene rings is 1. The molecule has 2 N–H and O–H groups in total. The minimum absolute atomic E-state index is 0.00188. The van der Waals surface area contributed by atoms with Crippen molar-refractivity contribution in [2.45, 2.75) is 12.8 Å². The topological polar surface area (TPSA) is 77.2 Å². The molecule has 0 aromatic heterocycles. The summed E-state index contributed by atoms with van der Waals surface area (Å²) in [6.45, 7) is 9.91. The van der Waals surface area contributed by atoms with E-state index in [4.69, 9.17) is 4.74 Å². The lowest BCUT2D eigenvalue weighted by Gasteiger charge is -2.40. The highest BCUT2D eigenvalue weighted by Crippen LogP contribution is 2.24. The van der Waals surface area contributed by atoms with E-state index in [2.05, 4.69) is 50.8 Å². The van der Waals surface area contributed by atoms with E-state index < -0.39 is 0 Å². The molecule has 3 heterocycles. The number of hydrogen-bond donors (Lipinski definition) is 2. The molecule has 32 heavy (non-hydrogen) atoms. The molecule has 2 atom stereocenters. The number of piperidine rings is 1. The number of likely N-dealkylation sites (tertiary alicyclic amines) is 1. The molecule has 0 unspecified atom stereocenters. The van der Waals surface area contributed by atoms with E-state index in [9.17, 15) is 9.59 Å². The molecule has 8 nitrogen and oxygen atoms in total. The number of rotatable bonds is 9. The zero-order chi connectivity index (χ0) is 22.2. The van der Waals surface area contributed by atoms with E-state index in [1.54, 1.807) is 4.90 Å². The second kappa shape index (κ2) is 11.6. The fourth-order valence-electron chi connectivity index (χ4n) is 5.07. The van der Waals surface area contributed by atoms with Crippen molar-refractivity contribution >= 4 is 11.9 Å². The molecule has 0 aliphatic carbocycles. The smallest absolute Gasteiger partial charge is 0.317 e. The van der Waals surface area contributed by atoms with Crippen LogP contribution in [0.1, 0.15) is 12.0 Å². The van der Waals surface area contributed by atoms with Crippen molar-refractivity contribution in [2.75, 3.05) is 78.7 Å². The van der Waals surface area contributed by atoms with E-state index in [0.717, 1.165) is 65.3 Å². The number of urea groups is 1. The van der Waals surface area contributed by atoms with Crippen molar-refractivity contribution in [3.63, 3.8) is 0 Å². The molecule has 1 aromatic rings. The number of nitrogens with one attached hydrogen (secondary N) is 2. The van der Waals surface area contributed by atoms with Crippen molar-refractivity contribution in [1.29, 1.82) is 0 Å². The van der Waals surface area contributed by atoms with Crippen LogP contribution in [0.25, 0.3) is 0 Å². The molecule has 3 saturated heterocycles. The molecule has 1 aromatic carbocycles. The van der Waals surface area contributed by atoms with Gasteiger partial charge in [0.1, 0.15) is 0 Å². The molecule has 3 aliphatic rings. The minimum Gasteiger partial charge on any atom is -0.379 e. The summed E-state index contributed by atoms with van der Waals surface area (Å²) in [6, 6.07) is 10.5. The first-order chi connectivity index (χ1) is 15.7. The van der Waals surface area contributed by atoms with Crippen molar-refractivity contribution in [3.05, 3.63) is 35.9 Å². The van der Waals surface area contributed by atoms with Gasteiger partial charge in [-0.05, 0) is 24.3 Å². The third-order valence-corrected chi connectivity index (χ3v) is 6.79. The van der Waals surface area contributed by atoms with Crippen molar-refractivity contribution < 1.29 is 14.3 Å². The summed E-state index contributed by atoms with van der Waals surface area (Å²) in [5.74, 6) is 0.608. The highest BCUT2D eigenvalue weighted by atomic mass is 16.5. The molecular weight excluding hydrogens is 406 g/mol. The van der Waals surface area contributed by atoms with Crippen LogP contribution >= 0.6 is 0 Å². The van der Waals surface area contributed by atoms with Gasteiger partial charge in [-0.2, -0.15) is 0 Å². The maximum absolute atomic E-state index is 13.0. The van der Waals surface area contributed by atoms with Gasteiger partial charge in [0.15, 0.2) is 0 Å². The Balaban J connectivity index is 1.30. The van der Waals surface area contributed by atoms with Crippen LogP contribution in [0.3, 0.4) is 0 Å². The summed E-state index contributed by atoms with van der Waals surface area (Å²) >= 11 is 0. The first-order valence-electron chi connectivity index (χ1n) is 12.0. The normalized spacial score (nSPS) is 25.0. The first kappa shape index (κ1) is 23.0. The number of hydrogen-bond acceptors (Lipinski definition) is 5. The summed E-state index contributed by atoms with van der Waals surface area (Å²) in [7, 11) is 0. The average molecular weight is 444 g/mol. The fraction of sp³-hybridized carbons (Fsp3) is 0.667. The third kappa shape index (κ3) is 6.67. The molecule has 0 bridgehead atoms. The van der Waals surface area contributed by atoms with Crippen LogP contribution in [0.15, 0.2) is 30.3 Å². The summed E-state index contributed by atoms with van der Waals surface area (Å²) in [6.07, 6.45) is 1.93. The van der Waals surface area contributed by atoms with Crippen molar-refractivity contribution in [3.8, 4) is 0 Å². The standard InChI is InChI=1S/C24H37N5O3/c30-23(25-7-10-29-11-8-26-24(29)31)22-16-21(17-27-12-14-32-15-13-27)18-28(19-22)9-6-20-4-2-1-3-5-20/h1-5,21-22H,6-19H2,(H,25,30)(H,26,31)/t21-,22-/m1/s1. The predicted molar refractivity (Wildman–Crippen MR) is 123 cm³/mol. The van der Waals surface area contributed by atoms with E-state index in [1.165, 1.54) is 5.56 Å². The van der Waals surface area contributed by atoms with E-state index in [1.807, 2.05) is 0 Å². The van der Waals surface area contributed by atoms with E-state index >= 15 is 0 Å². The molecule has 0 radical (unpaired) electrons. The number of carbonyl (C=O) groups excluding carboxylic acids is 2. The van der Waals surface area contributed by atoms with Gasteiger partial charge in [-0.1, -0.05) is 30.3 Å². The van der Waals surface area contributed by atoms with Crippen molar-refractivity contribution in [2.24, 2.45) is 11.8 Å². The summed E-state index contributed by atoms with van der Waals surface area (Å²) in [5.41, 5.74) is 1.34. The maximum atomic E-state index is 13.0. The Hall–Kier alpha value is -2.16. The molecule has 8 heteroatoms. The fourth-order valence-corrected chi connectivity index (χ4v) is 5.07. The molecule has 176 valence electrons. The Morgan fingerprint density at radius 3 is 2.62 bits per heavy atom. The van der Waals surface area contributed by atoms with Gasteiger partial charge in [-0.15, -0.1) is 0 Å². The number of morpholine rings is 1. The molecule has 4 rings (SSSR count). The minimum atomic E-state index is -0.0328. The predicted octanol–water partition coefficient (Wildman–Crippen LogP) is 0.641. The van der Waals surface area contributed by atoms with Gasteiger partial charge in [0, 0.05) is 65.4 Å². The van der Waals surface area contributed by atoms with Gasteiger partial charge in [0.2, 0.25) is 5.91 Å². The van der Waals surface area contributed by atoms with Crippen LogP contribution in [-0.4, -0.2) is 105 Å². The van der Waals surface area contributed by atoms with Crippen LogP contribution in [-0.2, 0) is 16.0 Å². The van der Waals surface area contributed by atoms with Gasteiger partial charge in [-0.25, -0.2) is 4.79 Å². The molecule has 3 amide bonds. The number of amides is 3. The van der Waals surface area contributed by atoms with Crippen LogP contribution in [0.2, 0.25) is 0 Å². The van der Waals surface area contributed by atoms with Crippen LogP contribution in [0, 0.1) is 11.8 Å². The average Bonchev–Trinajstić information content (AvgIpc) is 3.23. The quantitative estimate of drug-likeness (QED) is 0.586. The second-order valence-corrected chi connectivity index (χ2v) is 9.22. The van der Waals surface area contributed by atoms with Gasteiger partial charge < -0.3 is 25.2 Å². The third-order valence-electron chi connectivity index (χ3n) is 6.79. The largest absolute Gasteiger partial charge is 0.379 e. The van der Waals surface area contributed by atoms with Crippen LogP contribution in [0.4, 0.5) is 4.79 Å². The van der Waals surface area contributed by atoms with E-state index in [-0.39, 0.29) is 17.9 Å². The molecule has 0 spiro atoms. The van der Waals surface area contributed by atoms with Gasteiger partial charge >= 0.3 is 6.03 Å². The Labute approximate surface area is 191 Å². The number of nitrogens with zero attached hydrogens (tertiary/aromatic N) is 3. The summed E-state index contributed by atoms with van der Waals surface area (Å²) < 4.78 is 5.50. The number of carbonyl (C=O) groups is 2. The molecule has 0 saturated carbocycles. The Morgan fingerprint density at radius 1 is 1.06 bits per heavy atom. The SMILES string of the molecule is O=C(NCCN1CCNC1=O)[C@@H]1C[C@H](CN2CCOCC2)CN(CCc2ccccc2)C1. The molecular formula is C24H37N5O3. The molecule has 3 aliphatic heterocycles. The highest BCUT2D eigenvalue weighted by molar-refractivity contribution is 5.79. The Bertz CT molecular complexity index is 740. The summed E-state index contributed by atoms with van der Waals surface area (Å²) in [4.78, 5) is 31.4. The molecule has 3 fully saturated rings. The lowest BCUT2D eigenvalue weighted by molar-refractivity contribution is -0.127. The second-order valence-electron chi connectivity index (χ2n) is 9.22. The van der Waals surface area contributed by atoms with E-state index in [0.29, 0.717) is 32.1 Å². The zero-order valence-corrected chi connectivity index (χ0v) is 19.0. The first-order valence-corrected chi connectivity index (χ1v) is 12.0. The number of ether oxygens (including phenoxy) is 1. The van der Waals surface area contributed by atoms with Gasteiger partial charge in [-0.3, -0.25) is 9.69 Å². The van der Waals surface area contributed by atoms with Gasteiger partial charge in [0.25, 0.3) is 0 Å². The maximum Gasteiger partial charge on any atom is 0.317 e. The van der Waals surface area contributed by atoms with Crippen LogP contribution in [0.5, 0.6) is 0 Å². The monoisotopic (exact) mass is 443 g/mol. The summed E-state index contributed by atoms with van der Waals surface area (Å²) in [5, 5.41) is 5.90. The Morgan fingerprint density at radius 2 is 1.88 bits per heavy atom.